The number of nitrogens with zero attached hydrogens (tertiary/aromatic N) is 2. The lowest BCUT2D eigenvalue weighted by molar-refractivity contribution is 0.0474. The number of anilines is 1. The van der Waals surface area contributed by atoms with Crippen LogP contribution in [-0.2, 0) is 4.74 Å². The molecule has 94 valence electrons. The van der Waals surface area contributed by atoms with E-state index in [1.54, 1.807) is 30.5 Å². The average Bonchev–Trinajstić information content (AvgIpc) is 2.85. The van der Waals surface area contributed by atoms with Crippen molar-refractivity contribution in [3.63, 3.8) is 0 Å². The highest BCUT2D eigenvalue weighted by atomic mass is 19.1. The second-order valence-corrected chi connectivity index (χ2v) is 3.57. The van der Waals surface area contributed by atoms with Crippen LogP contribution < -0.4 is 5.73 Å². The molecule has 0 saturated carbocycles. The number of esters is 1. The van der Waals surface area contributed by atoms with Crippen LogP contribution in [0.25, 0.3) is 5.69 Å². The van der Waals surface area contributed by atoms with E-state index in [0.717, 1.165) is 5.69 Å². The molecule has 0 fully saturated rings. The van der Waals surface area contributed by atoms with E-state index in [1.807, 2.05) is 0 Å². The van der Waals surface area contributed by atoms with Crippen LogP contribution in [0.2, 0.25) is 0 Å². The second-order valence-electron chi connectivity index (χ2n) is 3.57. The van der Waals surface area contributed by atoms with Crippen molar-refractivity contribution < 1.29 is 13.9 Å². The Morgan fingerprint density at radius 2 is 2.28 bits per heavy atom. The molecule has 5 nitrogen and oxygen atoms in total. The number of aromatic nitrogens is 2. The third-order valence-corrected chi connectivity index (χ3v) is 2.24. The molecule has 2 rings (SSSR count). The first-order chi connectivity index (χ1) is 8.70. The first-order valence-electron chi connectivity index (χ1n) is 5.35. The zero-order chi connectivity index (χ0) is 13.0. The van der Waals surface area contributed by atoms with E-state index in [4.69, 9.17) is 5.73 Å². The monoisotopic (exact) mass is 249 g/mol. The first-order valence-corrected chi connectivity index (χ1v) is 5.35. The highest BCUT2D eigenvalue weighted by molar-refractivity contribution is 5.87. The maximum absolute atomic E-state index is 11.9. The Morgan fingerprint density at radius 1 is 1.44 bits per heavy atom. The van der Waals surface area contributed by atoms with Crippen LogP contribution in [0.3, 0.4) is 0 Å². The van der Waals surface area contributed by atoms with Crippen molar-refractivity contribution in [2.24, 2.45) is 0 Å². The molecular formula is C12H12FN3O2. The molecule has 6 heteroatoms. The lowest BCUT2D eigenvalue weighted by atomic mass is 10.3. The number of nitrogens with two attached hydrogens (primary N) is 1. The van der Waals surface area contributed by atoms with E-state index in [2.05, 4.69) is 9.84 Å². The standard InChI is InChI=1S/C12H12FN3O2/c13-5-7-18-12(17)11-4-6-16(15-11)10-3-1-2-9(14)8-10/h1-4,6,8H,5,7,14H2. The van der Waals surface area contributed by atoms with Gasteiger partial charge >= 0.3 is 5.97 Å². The molecule has 0 atom stereocenters. The van der Waals surface area contributed by atoms with Gasteiger partial charge in [-0.15, -0.1) is 0 Å². The van der Waals surface area contributed by atoms with Crippen LogP contribution in [0, 0.1) is 0 Å². The maximum Gasteiger partial charge on any atom is 0.358 e. The summed E-state index contributed by atoms with van der Waals surface area (Å²) in [4.78, 5) is 11.4. The topological polar surface area (TPSA) is 70.1 Å². The van der Waals surface area contributed by atoms with Crippen LogP contribution in [0.1, 0.15) is 10.5 Å². The third-order valence-electron chi connectivity index (χ3n) is 2.24. The summed E-state index contributed by atoms with van der Waals surface area (Å²) in [6.45, 7) is -0.967. The largest absolute Gasteiger partial charge is 0.458 e. The Hall–Kier alpha value is -2.37. The third kappa shape index (κ3) is 2.65. The summed E-state index contributed by atoms with van der Waals surface area (Å²) in [5.41, 5.74) is 7.12. The van der Waals surface area contributed by atoms with Crippen LogP contribution >= 0.6 is 0 Å². The van der Waals surface area contributed by atoms with Gasteiger partial charge in [-0.25, -0.2) is 13.9 Å². The SMILES string of the molecule is Nc1cccc(-n2ccc(C(=O)OCCF)n2)c1. The second kappa shape index (κ2) is 5.31. The molecule has 0 amide bonds. The van der Waals surface area contributed by atoms with E-state index in [9.17, 15) is 9.18 Å². The van der Waals surface area contributed by atoms with Gasteiger partial charge in [0.1, 0.15) is 13.3 Å². The van der Waals surface area contributed by atoms with Gasteiger partial charge < -0.3 is 10.5 Å². The molecule has 0 bridgehead atoms. The molecule has 2 N–H and O–H groups in total. The minimum atomic E-state index is -0.707. The molecule has 0 saturated heterocycles. The normalized spacial score (nSPS) is 10.3. The number of rotatable bonds is 4. The van der Waals surface area contributed by atoms with Gasteiger partial charge in [0.25, 0.3) is 0 Å². The van der Waals surface area contributed by atoms with Crippen molar-refractivity contribution in [2.45, 2.75) is 0 Å². The average molecular weight is 249 g/mol. The maximum atomic E-state index is 11.9. The fourth-order valence-electron chi connectivity index (χ4n) is 1.45. The summed E-state index contributed by atoms with van der Waals surface area (Å²) in [6, 6.07) is 8.57. The van der Waals surface area contributed by atoms with Gasteiger partial charge in [0.15, 0.2) is 5.69 Å². The molecule has 0 radical (unpaired) electrons. The summed E-state index contributed by atoms with van der Waals surface area (Å²) in [5, 5.41) is 4.04. The summed E-state index contributed by atoms with van der Waals surface area (Å²) >= 11 is 0. The summed E-state index contributed by atoms with van der Waals surface area (Å²) in [6.07, 6.45) is 1.61. The number of carbonyl (C=O) groups excluding carboxylic acids is 1. The molecule has 0 unspecified atom stereocenters. The molecular weight excluding hydrogens is 237 g/mol. The van der Waals surface area contributed by atoms with Gasteiger partial charge in [-0.2, -0.15) is 5.10 Å². The molecule has 18 heavy (non-hydrogen) atoms. The fourth-order valence-corrected chi connectivity index (χ4v) is 1.45. The Morgan fingerprint density at radius 3 is 3.00 bits per heavy atom. The molecule has 0 spiro atoms. The quantitative estimate of drug-likeness (QED) is 0.659. The zero-order valence-electron chi connectivity index (χ0n) is 9.54. The zero-order valence-corrected chi connectivity index (χ0v) is 9.54. The van der Waals surface area contributed by atoms with E-state index in [-0.39, 0.29) is 12.3 Å². The van der Waals surface area contributed by atoms with E-state index in [1.165, 1.54) is 10.7 Å². The predicted octanol–water partition coefficient (Wildman–Crippen LogP) is 1.58. The van der Waals surface area contributed by atoms with Crippen LogP contribution in [0.15, 0.2) is 36.5 Å². The van der Waals surface area contributed by atoms with Crippen molar-refractivity contribution in [3.8, 4) is 5.69 Å². The first kappa shape index (κ1) is 12.1. The van der Waals surface area contributed by atoms with Crippen LogP contribution in [-0.4, -0.2) is 29.0 Å². The molecule has 1 heterocycles. The number of nitrogen functional groups attached to an aromatic ring is 1. The predicted molar refractivity (Wildman–Crippen MR) is 64.2 cm³/mol. The van der Waals surface area contributed by atoms with Crippen molar-refractivity contribution in [1.29, 1.82) is 0 Å². The van der Waals surface area contributed by atoms with E-state index in [0.29, 0.717) is 5.69 Å². The number of benzene rings is 1. The fraction of sp³-hybridized carbons (Fsp3) is 0.167. The van der Waals surface area contributed by atoms with Gasteiger partial charge in [-0.3, -0.25) is 0 Å². The number of hydrogen-bond donors (Lipinski definition) is 1. The van der Waals surface area contributed by atoms with Crippen LogP contribution in [0.5, 0.6) is 0 Å². The van der Waals surface area contributed by atoms with Gasteiger partial charge in [-0.1, -0.05) is 6.07 Å². The molecule has 2 aromatic rings. The number of ether oxygens (including phenoxy) is 1. The highest BCUT2D eigenvalue weighted by Gasteiger charge is 2.11. The molecule has 0 aliphatic rings. The lowest BCUT2D eigenvalue weighted by Gasteiger charge is -2.02. The van der Waals surface area contributed by atoms with Gasteiger partial charge in [-0.05, 0) is 24.3 Å². The van der Waals surface area contributed by atoms with Gasteiger partial charge in [0.05, 0.1) is 5.69 Å². The van der Waals surface area contributed by atoms with Crippen molar-refractivity contribution in [1.82, 2.24) is 9.78 Å². The number of carbonyl (C=O) groups is 1. The summed E-state index contributed by atoms with van der Waals surface area (Å²) in [7, 11) is 0. The minimum absolute atomic E-state index is 0.130. The molecule has 1 aromatic carbocycles. The van der Waals surface area contributed by atoms with E-state index < -0.39 is 12.6 Å². The Bertz CT molecular complexity index is 554. The number of hydrogen-bond acceptors (Lipinski definition) is 4. The summed E-state index contributed by atoms with van der Waals surface area (Å²) in [5.74, 6) is -0.643. The van der Waals surface area contributed by atoms with Crippen molar-refractivity contribution in [3.05, 3.63) is 42.2 Å². The number of alkyl halides is 1. The minimum Gasteiger partial charge on any atom is -0.458 e. The Kier molecular flexibility index (Phi) is 3.57. The number of halogens is 1. The molecule has 1 aromatic heterocycles. The smallest absolute Gasteiger partial charge is 0.358 e. The molecule has 0 aliphatic carbocycles. The Balaban J connectivity index is 2.17. The molecule has 0 aliphatic heterocycles. The summed E-state index contributed by atoms with van der Waals surface area (Å²) < 4.78 is 18.0. The van der Waals surface area contributed by atoms with Crippen molar-refractivity contribution >= 4 is 11.7 Å². The van der Waals surface area contributed by atoms with Crippen LogP contribution in [0.4, 0.5) is 10.1 Å². The van der Waals surface area contributed by atoms with Crippen molar-refractivity contribution in [2.75, 3.05) is 19.0 Å². The lowest BCUT2D eigenvalue weighted by Crippen LogP contribution is -2.09. The van der Waals surface area contributed by atoms with Gasteiger partial charge in [0.2, 0.25) is 0 Å². The highest BCUT2D eigenvalue weighted by Crippen LogP contribution is 2.12. The van der Waals surface area contributed by atoms with E-state index >= 15 is 0 Å². The Labute approximate surface area is 103 Å². The van der Waals surface area contributed by atoms with Gasteiger partial charge in [0, 0.05) is 11.9 Å².